The van der Waals surface area contributed by atoms with Crippen molar-refractivity contribution in [2.45, 2.75) is 25.8 Å². The largest absolute Gasteiger partial charge is 0.379 e. The Kier molecular flexibility index (Phi) is 3.76. The maximum absolute atomic E-state index is 12.6. The zero-order valence-electron chi connectivity index (χ0n) is 12.6. The predicted molar refractivity (Wildman–Crippen MR) is 77.6 cm³/mol. The van der Waals surface area contributed by atoms with Crippen LogP contribution >= 0.6 is 0 Å². The maximum atomic E-state index is 12.6. The van der Waals surface area contributed by atoms with Crippen LogP contribution in [0.15, 0.2) is 18.2 Å². The molecule has 2 aliphatic heterocycles. The van der Waals surface area contributed by atoms with Gasteiger partial charge in [-0.2, -0.15) is 5.48 Å². The molecule has 2 heterocycles. The van der Waals surface area contributed by atoms with Crippen molar-refractivity contribution in [1.82, 2.24) is 15.7 Å². The van der Waals surface area contributed by atoms with Crippen LogP contribution in [0.2, 0.25) is 0 Å². The summed E-state index contributed by atoms with van der Waals surface area (Å²) >= 11 is 0. The van der Waals surface area contributed by atoms with Crippen LogP contribution in [0.1, 0.15) is 40.5 Å². The van der Waals surface area contributed by atoms with E-state index in [1.54, 1.807) is 0 Å². The zero-order chi connectivity index (χ0) is 17.4. The standard InChI is InChI=1S/C15H13N3O6/c1-7(19)17-24-10-4-2-3-8-12(10)15(23)18(14(8)22)9-5-6-11(20)16-13(9)21/h2-4,9H,5-6H2,1H3,(H,17,19)(H,16,20,21). The first-order valence-corrected chi connectivity index (χ1v) is 7.18. The van der Waals surface area contributed by atoms with Crippen LogP contribution < -0.4 is 15.6 Å². The fourth-order valence-electron chi connectivity index (χ4n) is 2.70. The summed E-state index contributed by atoms with van der Waals surface area (Å²) in [7, 11) is 0. The number of piperidine rings is 1. The van der Waals surface area contributed by atoms with Crippen molar-refractivity contribution in [2.24, 2.45) is 0 Å². The van der Waals surface area contributed by atoms with E-state index < -0.39 is 35.6 Å². The van der Waals surface area contributed by atoms with E-state index >= 15 is 0 Å². The summed E-state index contributed by atoms with van der Waals surface area (Å²) in [6.07, 6.45) is 0.108. The number of amides is 5. The second-order valence-electron chi connectivity index (χ2n) is 5.39. The van der Waals surface area contributed by atoms with E-state index in [2.05, 4.69) is 10.8 Å². The molecule has 0 spiro atoms. The summed E-state index contributed by atoms with van der Waals surface area (Å²) in [6.45, 7) is 1.23. The fourth-order valence-corrected chi connectivity index (χ4v) is 2.70. The van der Waals surface area contributed by atoms with Gasteiger partial charge < -0.3 is 4.84 Å². The van der Waals surface area contributed by atoms with Gasteiger partial charge in [-0.3, -0.25) is 34.2 Å². The number of benzene rings is 1. The minimum atomic E-state index is -1.05. The summed E-state index contributed by atoms with van der Waals surface area (Å²) in [5.41, 5.74) is 2.14. The van der Waals surface area contributed by atoms with Gasteiger partial charge in [0, 0.05) is 13.3 Å². The summed E-state index contributed by atoms with van der Waals surface area (Å²) < 4.78 is 0. The highest BCUT2D eigenvalue weighted by atomic mass is 16.7. The molecular weight excluding hydrogens is 318 g/mol. The third kappa shape index (κ3) is 2.49. The molecule has 3 rings (SSSR count). The van der Waals surface area contributed by atoms with E-state index in [9.17, 15) is 24.0 Å². The SMILES string of the molecule is CC(=O)NOc1cccc2c1C(=O)N(C1CCC(=O)NC1=O)C2=O. The van der Waals surface area contributed by atoms with Crippen LogP contribution in [-0.2, 0) is 14.4 Å². The molecular formula is C15H13N3O6. The molecule has 0 radical (unpaired) electrons. The number of carbonyl (C=O) groups excluding carboxylic acids is 5. The summed E-state index contributed by atoms with van der Waals surface area (Å²) in [5.74, 6) is -2.95. The molecule has 24 heavy (non-hydrogen) atoms. The van der Waals surface area contributed by atoms with E-state index in [-0.39, 0.29) is 29.7 Å². The van der Waals surface area contributed by atoms with E-state index in [0.717, 1.165) is 4.90 Å². The molecule has 1 atom stereocenters. The summed E-state index contributed by atoms with van der Waals surface area (Å²) in [4.78, 5) is 65.2. The van der Waals surface area contributed by atoms with Gasteiger partial charge in [0.05, 0.1) is 11.1 Å². The van der Waals surface area contributed by atoms with Gasteiger partial charge in [-0.05, 0) is 18.6 Å². The van der Waals surface area contributed by atoms with Crippen molar-refractivity contribution in [2.75, 3.05) is 0 Å². The molecule has 9 nitrogen and oxygen atoms in total. The average Bonchev–Trinajstić information content (AvgIpc) is 2.78. The van der Waals surface area contributed by atoms with E-state index in [1.807, 2.05) is 0 Å². The fraction of sp³-hybridized carbons (Fsp3) is 0.267. The summed E-state index contributed by atoms with van der Waals surface area (Å²) in [6, 6.07) is 3.30. The Morgan fingerprint density at radius 3 is 2.67 bits per heavy atom. The topological polar surface area (TPSA) is 122 Å². The summed E-state index contributed by atoms with van der Waals surface area (Å²) in [5, 5.41) is 2.12. The molecule has 1 unspecified atom stereocenters. The van der Waals surface area contributed by atoms with Gasteiger partial charge >= 0.3 is 0 Å². The van der Waals surface area contributed by atoms with E-state index in [0.29, 0.717) is 0 Å². The molecule has 9 heteroatoms. The molecule has 2 N–H and O–H groups in total. The van der Waals surface area contributed by atoms with Crippen molar-refractivity contribution in [3.05, 3.63) is 29.3 Å². The lowest BCUT2D eigenvalue weighted by molar-refractivity contribution is -0.136. The smallest absolute Gasteiger partial charge is 0.266 e. The molecule has 1 aromatic carbocycles. The number of nitrogens with one attached hydrogen (secondary N) is 2. The van der Waals surface area contributed by atoms with Gasteiger partial charge in [-0.1, -0.05) is 6.07 Å². The Balaban J connectivity index is 1.94. The van der Waals surface area contributed by atoms with Crippen LogP contribution in [0, 0.1) is 0 Å². The number of hydroxylamine groups is 1. The zero-order valence-corrected chi connectivity index (χ0v) is 12.6. The molecule has 1 saturated heterocycles. The highest BCUT2D eigenvalue weighted by molar-refractivity contribution is 6.24. The molecule has 1 aromatic rings. The first-order valence-electron chi connectivity index (χ1n) is 7.18. The van der Waals surface area contributed by atoms with Crippen molar-refractivity contribution in [1.29, 1.82) is 0 Å². The van der Waals surface area contributed by atoms with E-state index in [1.165, 1.54) is 25.1 Å². The monoisotopic (exact) mass is 331 g/mol. The van der Waals surface area contributed by atoms with Gasteiger partial charge in [0.1, 0.15) is 6.04 Å². The van der Waals surface area contributed by atoms with Gasteiger partial charge in [0.2, 0.25) is 17.7 Å². The van der Waals surface area contributed by atoms with Gasteiger partial charge in [-0.25, -0.2) is 0 Å². The lowest BCUT2D eigenvalue weighted by Gasteiger charge is -2.27. The normalized spacial score (nSPS) is 19.9. The minimum absolute atomic E-state index is 0.0100. The Morgan fingerprint density at radius 1 is 1.25 bits per heavy atom. The van der Waals surface area contributed by atoms with Crippen LogP contribution in [-0.4, -0.2) is 40.5 Å². The molecule has 5 amide bonds. The first-order chi connectivity index (χ1) is 11.4. The van der Waals surface area contributed by atoms with Crippen LogP contribution in [0.4, 0.5) is 0 Å². The molecule has 0 aromatic heterocycles. The second-order valence-corrected chi connectivity index (χ2v) is 5.39. The Morgan fingerprint density at radius 2 is 2.00 bits per heavy atom. The van der Waals surface area contributed by atoms with Crippen molar-refractivity contribution in [3.8, 4) is 5.75 Å². The van der Waals surface area contributed by atoms with Crippen molar-refractivity contribution in [3.63, 3.8) is 0 Å². The molecule has 0 aliphatic carbocycles. The number of rotatable bonds is 3. The van der Waals surface area contributed by atoms with Crippen LogP contribution in [0.5, 0.6) is 5.75 Å². The number of hydrogen-bond donors (Lipinski definition) is 2. The average molecular weight is 331 g/mol. The van der Waals surface area contributed by atoms with Crippen LogP contribution in [0.3, 0.4) is 0 Å². The third-order valence-corrected chi connectivity index (χ3v) is 3.73. The highest BCUT2D eigenvalue weighted by Gasteiger charge is 2.46. The molecule has 1 fully saturated rings. The first kappa shape index (κ1) is 15.7. The lowest BCUT2D eigenvalue weighted by atomic mass is 10.0. The Labute approximate surface area is 135 Å². The van der Waals surface area contributed by atoms with Crippen molar-refractivity contribution >= 4 is 29.5 Å². The van der Waals surface area contributed by atoms with Crippen LogP contribution in [0.25, 0.3) is 0 Å². The van der Waals surface area contributed by atoms with Crippen molar-refractivity contribution < 1.29 is 28.8 Å². The quantitative estimate of drug-likeness (QED) is 0.570. The Bertz CT molecular complexity index is 787. The highest BCUT2D eigenvalue weighted by Crippen LogP contribution is 2.33. The maximum Gasteiger partial charge on any atom is 0.266 e. The molecule has 0 saturated carbocycles. The molecule has 0 bridgehead atoms. The van der Waals surface area contributed by atoms with Gasteiger partial charge in [0.25, 0.3) is 11.8 Å². The van der Waals surface area contributed by atoms with E-state index in [4.69, 9.17) is 4.84 Å². The number of nitrogens with zero attached hydrogens (tertiary/aromatic N) is 1. The lowest BCUT2D eigenvalue weighted by Crippen LogP contribution is -2.54. The third-order valence-electron chi connectivity index (χ3n) is 3.73. The Hall–Kier alpha value is -3.23. The predicted octanol–water partition coefficient (Wildman–Crippen LogP) is -0.482. The minimum Gasteiger partial charge on any atom is -0.379 e. The number of imide groups is 2. The molecule has 124 valence electrons. The van der Waals surface area contributed by atoms with Gasteiger partial charge in [0.15, 0.2) is 5.75 Å². The second kappa shape index (κ2) is 5.76. The number of hydrogen-bond acceptors (Lipinski definition) is 6. The van der Waals surface area contributed by atoms with Gasteiger partial charge in [-0.15, -0.1) is 0 Å². The number of fused-ring (bicyclic) bond motifs is 1. The molecule has 2 aliphatic rings. The number of carbonyl (C=O) groups is 5.